The Kier molecular flexibility index (Phi) is 4.19. The average molecular weight is 283 g/mol. The lowest BCUT2D eigenvalue weighted by molar-refractivity contribution is -0.142. The molecule has 1 saturated heterocycles. The minimum Gasteiger partial charge on any atom is -0.480 e. The molecule has 1 amide bonds. The second kappa shape index (κ2) is 5.69. The van der Waals surface area contributed by atoms with E-state index in [-0.39, 0.29) is 17.6 Å². The van der Waals surface area contributed by atoms with E-state index in [4.69, 9.17) is 4.42 Å². The number of furan rings is 1. The van der Waals surface area contributed by atoms with E-state index < -0.39 is 12.0 Å². The van der Waals surface area contributed by atoms with Crippen LogP contribution in [0.2, 0.25) is 0 Å². The van der Waals surface area contributed by atoms with Gasteiger partial charge in [0.2, 0.25) is 0 Å². The van der Waals surface area contributed by atoms with Crippen LogP contribution in [-0.2, 0) is 10.5 Å². The molecule has 1 fully saturated rings. The molecule has 5 nitrogen and oxygen atoms in total. The molecule has 0 aromatic carbocycles. The second-order valence-corrected chi connectivity index (χ2v) is 5.61. The highest BCUT2D eigenvalue weighted by molar-refractivity contribution is 7.97. The maximum Gasteiger partial charge on any atom is 0.326 e. The third-order valence-electron chi connectivity index (χ3n) is 3.37. The van der Waals surface area contributed by atoms with Gasteiger partial charge >= 0.3 is 5.97 Å². The van der Waals surface area contributed by atoms with Crippen molar-refractivity contribution in [2.75, 3.05) is 12.8 Å². The third kappa shape index (κ3) is 2.78. The van der Waals surface area contributed by atoms with E-state index in [1.807, 2.05) is 13.2 Å². The molecule has 1 aliphatic heterocycles. The van der Waals surface area contributed by atoms with Crippen molar-refractivity contribution in [3.63, 3.8) is 0 Å². The quantitative estimate of drug-likeness (QED) is 0.916. The van der Waals surface area contributed by atoms with E-state index in [0.717, 1.165) is 5.76 Å². The van der Waals surface area contributed by atoms with Gasteiger partial charge in [0.05, 0.1) is 5.75 Å². The van der Waals surface area contributed by atoms with Gasteiger partial charge in [-0.05, 0) is 30.7 Å². The van der Waals surface area contributed by atoms with Crippen molar-refractivity contribution in [3.05, 3.63) is 23.7 Å². The van der Waals surface area contributed by atoms with E-state index in [1.165, 1.54) is 4.90 Å². The number of carbonyl (C=O) groups excluding carboxylic acids is 1. The molecule has 6 heteroatoms. The maximum absolute atomic E-state index is 12.3. The number of carboxylic acids is 1. The fourth-order valence-electron chi connectivity index (χ4n) is 2.41. The van der Waals surface area contributed by atoms with Crippen molar-refractivity contribution >= 4 is 23.6 Å². The second-order valence-electron chi connectivity index (χ2n) is 4.75. The number of hydrogen-bond donors (Lipinski definition) is 1. The highest BCUT2D eigenvalue weighted by Crippen LogP contribution is 2.26. The van der Waals surface area contributed by atoms with E-state index in [1.54, 1.807) is 23.9 Å². The summed E-state index contributed by atoms with van der Waals surface area (Å²) in [6.45, 7) is 2.32. The summed E-state index contributed by atoms with van der Waals surface area (Å²) in [5.41, 5.74) is 0. The first kappa shape index (κ1) is 14.0. The molecule has 1 N–H and O–H groups in total. The van der Waals surface area contributed by atoms with Crippen LogP contribution in [0.1, 0.15) is 29.7 Å². The molecule has 104 valence electrons. The van der Waals surface area contributed by atoms with Gasteiger partial charge in [-0.25, -0.2) is 4.79 Å². The molecule has 19 heavy (non-hydrogen) atoms. The van der Waals surface area contributed by atoms with Gasteiger partial charge < -0.3 is 14.4 Å². The Balaban J connectivity index is 2.16. The zero-order chi connectivity index (χ0) is 14.0. The smallest absolute Gasteiger partial charge is 0.326 e. The maximum atomic E-state index is 12.3. The molecular weight excluding hydrogens is 266 g/mol. The number of carbonyl (C=O) groups is 2. The van der Waals surface area contributed by atoms with E-state index in [2.05, 4.69) is 0 Å². The lowest BCUT2D eigenvalue weighted by Gasteiger charge is -2.22. The number of nitrogens with zero attached hydrogens (tertiary/aromatic N) is 1. The lowest BCUT2D eigenvalue weighted by Crippen LogP contribution is -2.42. The molecule has 0 aliphatic carbocycles. The Labute approximate surface area is 116 Å². The number of rotatable bonds is 4. The Bertz CT molecular complexity index is 485. The van der Waals surface area contributed by atoms with Gasteiger partial charge in [-0.15, -0.1) is 0 Å². The van der Waals surface area contributed by atoms with Gasteiger partial charge in [0, 0.05) is 6.54 Å². The zero-order valence-electron chi connectivity index (χ0n) is 11.0. The summed E-state index contributed by atoms with van der Waals surface area (Å²) >= 11 is 1.61. The number of amides is 1. The zero-order valence-corrected chi connectivity index (χ0v) is 11.8. The standard InChI is InChI=1S/C13H17NO4S/c1-8-5-6-14(11(8)13(16)17)12(15)10-4-3-9(18-10)7-19-2/h3-4,8,11H,5-7H2,1-2H3,(H,16,17). The van der Waals surface area contributed by atoms with E-state index in [0.29, 0.717) is 18.7 Å². The van der Waals surface area contributed by atoms with Gasteiger partial charge in [0.15, 0.2) is 5.76 Å². The Morgan fingerprint density at radius 3 is 2.89 bits per heavy atom. The Morgan fingerprint density at radius 1 is 1.53 bits per heavy atom. The Morgan fingerprint density at radius 2 is 2.26 bits per heavy atom. The fraction of sp³-hybridized carbons (Fsp3) is 0.538. The topological polar surface area (TPSA) is 70.8 Å². The van der Waals surface area contributed by atoms with Crippen molar-refractivity contribution in [2.45, 2.75) is 25.1 Å². The molecule has 0 radical (unpaired) electrons. The summed E-state index contributed by atoms with van der Waals surface area (Å²) in [4.78, 5) is 24.9. The van der Waals surface area contributed by atoms with Gasteiger partial charge in [-0.1, -0.05) is 6.92 Å². The van der Waals surface area contributed by atoms with Crippen molar-refractivity contribution in [2.24, 2.45) is 5.92 Å². The minimum atomic E-state index is -0.950. The number of likely N-dealkylation sites (tertiary alicyclic amines) is 1. The first-order valence-electron chi connectivity index (χ1n) is 6.16. The average Bonchev–Trinajstić information content (AvgIpc) is 2.95. The molecule has 1 aliphatic rings. The summed E-state index contributed by atoms with van der Waals surface area (Å²) in [6, 6.07) is 2.64. The normalized spacial score (nSPS) is 22.7. The molecular formula is C13H17NO4S. The van der Waals surface area contributed by atoms with Crippen LogP contribution in [0, 0.1) is 5.92 Å². The monoisotopic (exact) mass is 283 g/mol. The van der Waals surface area contributed by atoms with Crippen LogP contribution in [0.3, 0.4) is 0 Å². The first-order chi connectivity index (χ1) is 9.04. The molecule has 2 rings (SSSR count). The number of hydrogen-bond acceptors (Lipinski definition) is 4. The van der Waals surface area contributed by atoms with Crippen LogP contribution in [0.25, 0.3) is 0 Å². The summed E-state index contributed by atoms with van der Waals surface area (Å²) < 4.78 is 5.46. The summed E-state index contributed by atoms with van der Waals surface area (Å²) in [6.07, 6.45) is 2.66. The number of aliphatic carboxylic acids is 1. The summed E-state index contributed by atoms with van der Waals surface area (Å²) in [7, 11) is 0. The summed E-state index contributed by atoms with van der Waals surface area (Å²) in [5, 5.41) is 9.21. The van der Waals surface area contributed by atoms with Crippen molar-refractivity contribution < 1.29 is 19.1 Å². The molecule has 1 aromatic rings. The van der Waals surface area contributed by atoms with Crippen molar-refractivity contribution in [3.8, 4) is 0 Å². The predicted molar refractivity (Wildman–Crippen MR) is 72.2 cm³/mol. The van der Waals surface area contributed by atoms with Gasteiger partial charge in [-0.3, -0.25) is 4.79 Å². The lowest BCUT2D eigenvalue weighted by atomic mass is 10.0. The fourth-order valence-corrected chi connectivity index (χ4v) is 2.85. The SMILES string of the molecule is CSCc1ccc(C(=O)N2CCC(C)C2C(=O)O)o1. The third-order valence-corrected chi connectivity index (χ3v) is 3.95. The first-order valence-corrected chi connectivity index (χ1v) is 7.55. The molecule has 2 atom stereocenters. The summed E-state index contributed by atoms with van der Waals surface area (Å²) in [5.74, 6) is 0.353. The molecule has 2 heterocycles. The molecule has 0 saturated carbocycles. The molecule has 0 bridgehead atoms. The van der Waals surface area contributed by atoms with E-state index >= 15 is 0 Å². The van der Waals surface area contributed by atoms with E-state index in [9.17, 15) is 14.7 Å². The largest absolute Gasteiger partial charge is 0.480 e. The van der Waals surface area contributed by atoms with Crippen LogP contribution in [0.15, 0.2) is 16.5 Å². The van der Waals surface area contributed by atoms with Crippen molar-refractivity contribution in [1.29, 1.82) is 0 Å². The van der Waals surface area contributed by atoms with Crippen LogP contribution >= 0.6 is 11.8 Å². The minimum absolute atomic E-state index is 0.0259. The van der Waals surface area contributed by atoms with Crippen LogP contribution in [0.4, 0.5) is 0 Å². The molecule has 2 unspecified atom stereocenters. The Hall–Kier alpha value is -1.43. The molecule has 0 spiro atoms. The molecule has 1 aromatic heterocycles. The number of carboxylic acid groups (broad SMARTS) is 1. The van der Waals surface area contributed by atoms with Crippen molar-refractivity contribution in [1.82, 2.24) is 4.90 Å². The predicted octanol–water partition coefficient (Wildman–Crippen LogP) is 2.08. The van der Waals surface area contributed by atoms with Crippen LogP contribution < -0.4 is 0 Å². The van der Waals surface area contributed by atoms with Crippen LogP contribution in [-0.4, -0.2) is 40.7 Å². The highest BCUT2D eigenvalue weighted by Gasteiger charge is 2.40. The highest BCUT2D eigenvalue weighted by atomic mass is 32.2. The van der Waals surface area contributed by atoms with Gasteiger partial charge in [0.1, 0.15) is 11.8 Å². The number of thioether (sulfide) groups is 1. The van der Waals surface area contributed by atoms with Crippen LogP contribution in [0.5, 0.6) is 0 Å². The van der Waals surface area contributed by atoms with Gasteiger partial charge in [0.25, 0.3) is 5.91 Å². The van der Waals surface area contributed by atoms with Gasteiger partial charge in [-0.2, -0.15) is 11.8 Å².